The molecule has 17 heavy (non-hydrogen) atoms. The molecular formula is C14H20O3. The molecule has 0 aliphatic carbocycles. The minimum atomic E-state index is -0.257. The lowest BCUT2D eigenvalue weighted by molar-refractivity contribution is 0.0498. The number of unbranched alkanes of at least 4 members (excludes halogenated alkanes) is 1. The van der Waals surface area contributed by atoms with Crippen LogP contribution in [0.2, 0.25) is 0 Å². The summed E-state index contributed by atoms with van der Waals surface area (Å²) in [7, 11) is 0. The maximum absolute atomic E-state index is 11.8. The lowest BCUT2D eigenvalue weighted by atomic mass is 10.0. The number of aliphatic hydroxyl groups excluding tert-OH is 1. The van der Waals surface area contributed by atoms with E-state index in [0.717, 1.165) is 18.4 Å². The number of hydrogen-bond acceptors (Lipinski definition) is 3. The smallest absolute Gasteiger partial charge is 0.338 e. The number of carbonyl (C=O) groups is 1. The van der Waals surface area contributed by atoms with E-state index < -0.39 is 0 Å². The van der Waals surface area contributed by atoms with Gasteiger partial charge in [0.2, 0.25) is 0 Å². The van der Waals surface area contributed by atoms with E-state index in [-0.39, 0.29) is 12.6 Å². The minimum Gasteiger partial charge on any atom is -0.462 e. The van der Waals surface area contributed by atoms with E-state index in [1.807, 2.05) is 18.2 Å². The predicted octanol–water partition coefficient (Wildman–Crippen LogP) is 2.57. The highest BCUT2D eigenvalue weighted by Crippen LogP contribution is 2.12. The molecule has 0 spiro atoms. The SMILES string of the molecule is CCCCOC(=O)c1ccccc1CCCO. The normalized spacial score (nSPS) is 10.2. The summed E-state index contributed by atoms with van der Waals surface area (Å²) >= 11 is 0. The number of aryl methyl sites for hydroxylation is 1. The highest BCUT2D eigenvalue weighted by molar-refractivity contribution is 5.91. The average Bonchev–Trinajstić information content (AvgIpc) is 2.37. The van der Waals surface area contributed by atoms with Gasteiger partial charge in [-0.2, -0.15) is 0 Å². The molecule has 3 heteroatoms. The van der Waals surface area contributed by atoms with Gasteiger partial charge in [0.05, 0.1) is 12.2 Å². The van der Waals surface area contributed by atoms with Crippen LogP contribution in [-0.2, 0) is 11.2 Å². The average molecular weight is 236 g/mol. The van der Waals surface area contributed by atoms with Crippen LogP contribution in [0.4, 0.5) is 0 Å². The Morgan fingerprint density at radius 2 is 2.06 bits per heavy atom. The second kappa shape index (κ2) is 7.85. The van der Waals surface area contributed by atoms with Crippen LogP contribution >= 0.6 is 0 Å². The highest BCUT2D eigenvalue weighted by Gasteiger charge is 2.11. The third-order valence-electron chi connectivity index (χ3n) is 2.57. The van der Waals surface area contributed by atoms with Crippen molar-refractivity contribution in [2.24, 2.45) is 0 Å². The van der Waals surface area contributed by atoms with Gasteiger partial charge in [0.25, 0.3) is 0 Å². The summed E-state index contributed by atoms with van der Waals surface area (Å²) in [5.41, 5.74) is 1.57. The monoisotopic (exact) mass is 236 g/mol. The van der Waals surface area contributed by atoms with E-state index in [1.165, 1.54) is 0 Å². The molecule has 0 saturated heterocycles. The Labute approximate surface area is 102 Å². The first-order valence-corrected chi connectivity index (χ1v) is 6.15. The summed E-state index contributed by atoms with van der Waals surface area (Å²) in [5.74, 6) is -0.257. The molecule has 1 rings (SSSR count). The van der Waals surface area contributed by atoms with Crippen LogP contribution in [0.1, 0.15) is 42.1 Å². The van der Waals surface area contributed by atoms with Gasteiger partial charge in [-0.15, -0.1) is 0 Å². The molecule has 1 aromatic carbocycles. The quantitative estimate of drug-likeness (QED) is 0.584. The van der Waals surface area contributed by atoms with E-state index in [1.54, 1.807) is 6.07 Å². The fourth-order valence-electron chi connectivity index (χ4n) is 1.59. The third kappa shape index (κ3) is 4.57. The van der Waals surface area contributed by atoms with Crippen molar-refractivity contribution in [2.45, 2.75) is 32.6 Å². The van der Waals surface area contributed by atoms with E-state index in [0.29, 0.717) is 25.0 Å². The highest BCUT2D eigenvalue weighted by atomic mass is 16.5. The largest absolute Gasteiger partial charge is 0.462 e. The van der Waals surface area contributed by atoms with Crippen LogP contribution in [0.5, 0.6) is 0 Å². The second-order valence-electron chi connectivity index (χ2n) is 3.97. The number of carbonyl (C=O) groups excluding carboxylic acids is 1. The van der Waals surface area contributed by atoms with Crippen LogP contribution in [0.3, 0.4) is 0 Å². The molecule has 0 aliphatic heterocycles. The van der Waals surface area contributed by atoms with Gasteiger partial charge in [-0.05, 0) is 30.9 Å². The topological polar surface area (TPSA) is 46.5 Å². The maximum Gasteiger partial charge on any atom is 0.338 e. The summed E-state index contributed by atoms with van der Waals surface area (Å²) in [6.45, 7) is 2.67. The van der Waals surface area contributed by atoms with Gasteiger partial charge in [-0.25, -0.2) is 4.79 Å². The zero-order chi connectivity index (χ0) is 12.5. The molecule has 0 aromatic heterocycles. The van der Waals surface area contributed by atoms with Crippen molar-refractivity contribution in [1.29, 1.82) is 0 Å². The summed E-state index contributed by atoms with van der Waals surface area (Å²) in [6, 6.07) is 7.42. The minimum absolute atomic E-state index is 0.138. The summed E-state index contributed by atoms with van der Waals surface area (Å²) in [5, 5.41) is 8.81. The number of rotatable bonds is 7. The maximum atomic E-state index is 11.8. The third-order valence-corrected chi connectivity index (χ3v) is 2.57. The number of aliphatic hydroxyl groups is 1. The molecule has 0 heterocycles. The molecule has 0 saturated carbocycles. The van der Waals surface area contributed by atoms with Crippen molar-refractivity contribution in [3.63, 3.8) is 0 Å². The number of ether oxygens (including phenoxy) is 1. The molecule has 3 nitrogen and oxygen atoms in total. The zero-order valence-electron chi connectivity index (χ0n) is 10.3. The summed E-state index contributed by atoms with van der Waals surface area (Å²) in [6.07, 6.45) is 3.28. The van der Waals surface area contributed by atoms with Crippen molar-refractivity contribution >= 4 is 5.97 Å². The van der Waals surface area contributed by atoms with E-state index in [2.05, 4.69) is 6.92 Å². The van der Waals surface area contributed by atoms with Gasteiger partial charge < -0.3 is 9.84 Å². The molecule has 0 radical (unpaired) electrons. The Kier molecular flexibility index (Phi) is 6.33. The Morgan fingerprint density at radius 1 is 1.29 bits per heavy atom. The van der Waals surface area contributed by atoms with E-state index in [9.17, 15) is 4.79 Å². The van der Waals surface area contributed by atoms with Crippen molar-refractivity contribution in [2.75, 3.05) is 13.2 Å². The van der Waals surface area contributed by atoms with Crippen molar-refractivity contribution in [3.05, 3.63) is 35.4 Å². The summed E-state index contributed by atoms with van der Waals surface area (Å²) in [4.78, 5) is 11.8. The van der Waals surface area contributed by atoms with Gasteiger partial charge in [-0.3, -0.25) is 0 Å². The first-order valence-electron chi connectivity index (χ1n) is 6.15. The van der Waals surface area contributed by atoms with Crippen LogP contribution in [0.25, 0.3) is 0 Å². The van der Waals surface area contributed by atoms with Gasteiger partial charge >= 0.3 is 5.97 Å². The Hall–Kier alpha value is -1.35. The molecule has 0 aliphatic rings. The van der Waals surface area contributed by atoms with Crippen molar-refractivity contribution in [1.82, 2.24) is 0 Å². The molecule has 0 atom stereocenters. The van der Waals surface area contributed by atoms with Crippen molar-refractivity contribution < 1.29 is 14.6 Å². The van der Waals surface area contributed by atoms with E-state index >= 15 is 0 Å². The Bertz CT molecular complexity index is 347. The first kappa shape index (κ1) is 13.7. The number of benzene rings is 1. The fourth-order valence-corrected chi connectivity index (χ4v) is 1.59. The van der Waals surface area contributed by atoms with Crippen LogP contribution in [0.15, 0.2) is 24.3 Å². The first-order chi connectivity index (χ1) is 8.29. The standard InChI is InChI=1S/C14H20O3/c1-2-3-11-17-14(16)13-9-5-4-7-12(13)8-6-10-15/h4-5,7,9,15H,2-3,6,8,10-11H2,1H3. The number of hydrogen-bond donors (Lipinski definition) is 1. The second-order valence-corrected chi connectivity index (χ2v) is 3.97. The van der Waals surface area contributed by atoms with Crippen LogP contribution < -0.4 is 0 Å². The molecular weight excluding hydrogens is 216 g/mol. The molecule has 94 valence electrons. The molecule has 0 unspecified atom stereocenters. The lowest BCUT2D eigenvalue weighted by Gasteiger charge is -2.08. The van der Waals surface area contributed by atoms with Gasteiger partial charge in [0, 0.05) is 6.61 Å². The molecule has 1 aromatic rings. The van der Waals surface area contributed by atoms with Gasteiger partial charge in [0.15, 0.2) is 0 Å². The fraction of sp³-hybridized carbons (Fsp3) is 0.500. The molecule has 0 bridgehead atoms. The summed E-state index contributed by atoms with van der Waals surface area (Å²) < 4.78 is 5.19. The molecule has 1 N–H and O–H groups in total. The van der Waals surface area contributed by atoms with Crippen molar-refractivity contribution in [3.8, 4) is 0 Å². The molecule has 0 fully saturated rings. The predicted molar refractivity (Wildman–Crippen MR) is 67.0 cm³/mol. The van der Waals surface area contributed by atoms with Crippen LogP contribution in [-0.4, -0.2) is 24.3 Å². The lowest BCUT2D eigenvalue weighted by Crippen LogP contribution is -2.09. The van der Waals surface area contributed by atoms with Gasteiger partial charge in [-0.1, -0.05) is 31.5 Å². The zero-order valence-corrected chi connectivity index (χ0v) is 10.3. The van der Waals surface area contributed by atoms with Crippen LogP contribution in [0, 0.1) is 0 Å². The van der Waals surface area contributed by atoms with Gasteiger partial charge in [0.1, 0.15) is 0 Å². The Balaban J connectivity index is 2.64. The number of esters is 1. The Morgan fingerprint density at radius 3 is 2.76 bits per heavy atom. The molecule has 0 amide bonds. The van der Waals surface area contributed by atoms with E-state index in [4.69, 9.17) is 9.84 Å².